The summed E-state index contributed by atoms with van der Waals surface area (Å²) in [6.07, 6.45) is 6.15. The number of sulfonamides is 2. The fraction of sp³-hybridized carbons (Fsp3) is 0.300. The molecule has 10 heteroatoms. The second-order valence-corrected chi connectivity index (χ2v) is 11.2. The van der Waals surface area contributed by atoms with Crippen LogP contribution in [0.15, 0.2) is 34.8 Å². The Morgan fingerprint density at radius 2 is 1.70 bits per heavy atom. The molecule has 0 unspecified atom stereocenters. The third kappa shape index (κ3) is 3.29. The Balaban J connectivity index is 1.90. The molecule has 0 spiro atoms. The summed E-state index contributed by atoms with van der Waals surface area (Å²) in [5.74, 6) is 0.139. The first-order valence-electron chi connectivity index (χ1n) is 9.48. The highest BCUT2D eigenvalue weighted by atomic mass is 32.2. The van der Waals surface area contributed by atoms with Gasteiger partial charge in [-0.2, -0.15) is 0 Å². The van der Waals surface area contributed by atoms with Gasteiger partial charge in [-0.05, 0) is 36.1 Å². The van der Waals surface area contributed by atoms with Crippen LogP contribution in [0.1, 0.15) is 62.0 Å². The topological polar surface area (TPSA) is 109 Å². The molecule has 2 aliphatic rings. The van der Waals surface area contributed by atoms with Crippen molar-refractivity contribution in [3.63, 3.8) is 0 Å². The first-order valence-corrected chi connectivity index (χ1v) is 12.5. The van der Waals surface area contributed by atoms with Crippen molar-refractivity contribution in [3.05, 3.63) is 52.5 Å². The van der Waals surface area contributed by atoms with Crippen molar-refractivity contribution in [3.8, 4) is 0 Å². The van der Waals surface area contributed by atoms with E-state index in [0.717, 1.165) is 9.71 Å². The Morgan fingerprint density at radius 3 is 2.37 bits per heavy atom. The average molecular weight is 447 g/mol. The highest BCUT2D eigenvalue weighted by molar-refractivity contribution is 7.95. The fourth-order valence-corrected chi connectivity index (χ4v) is 5.89. The van der Waals surface area contributed by atoms with Gasteiger partial charge in [-0.15, -0.1) is 0 Å². The van der Waals surface area contributed by atoms with Gasteiger partial charge in [-0.25, -0.2) is 26.1 Å². The molecule has 0 saturated carbocycles. The minimum atomic E-state index is -3.90. The number of hydrogen-bond donors (Lipinski definition) is 1. The van der Waals surface area contributed by atoms with Gasteiger partial charge in [-0.1, -0.05) is 27.7 Å². The first-order chi connectivity index (χ1) is 14.0. The van der Waals surface area contributed by atoms with Crippen LogP contribution in [-0.2, 0) is 20.0 Å². The Labute approximate surface area is 176 Å². The van der Waals surface area contributed by atoms with E-state index in [1.165, 1.54) is 24.5 Å². The highest BCUT2D eigenvalue weighted by Crippen LogP contribution is 2.38. The summed E-state index contributed by atoms with van der Waals surface area (Å²) in [4.78, 5) is 9.03. The van der Waals surface area contributed by atoms with E-state index in [9.17, 15) is 16.8 Å². The molecule has 0 aliphatic carbocycles. The van der Waals surface area contributed by atoms with Gasteiger partial charge in [0.1, 0.15) is 5.82 Å². The number of rotatable bonds is 3. The van der Waals surface area contributed by atoms with E-state index in [2.05, 4.69) is 14.7 Å². The smallest absolute Gasteiger partial charge is 0.270 e. The zero-order chi connectivity index (χ0) is 21.8. The molecule has 8 nitrogen and oxygen atoms in total. The van der Waals surface area contributed by atoms with Crippen LogP contribution in [-0.4, -0.2) is 26.8 Å². The Bertz CT molecular complexity index is 1310. The molecule has 0 fully saturated rings. The van der Waals surface area contributed by atoms with Crippen LogP contribution < -0.4 is 9.03 Å². The second-order valence-electron chi connectivity index (χ2n) is 7.81. The van der Waals surface area contributed by atoms with Gasteiger partial charge in [0.05, 0.1) is 27.4 Å². The monoisotopic (exact) mass is 446 g/mol. The quantitative estimate of drug-likeness (QED) is 0.771. The molecule has 0 radical (unpaired) electrons. The van der Waals surface area contributed by atoms with Crippen LogP contribution in [0.2, 0.25) is 0 Å². The fourth-order valence-electron chi connectivity index (χ4n) is 3.53. The lowest BCUT2D eigenvalue weighted by atomic mass is 10.0. The van der Waals surface area contributed by atoms with Crippen molar-refractivity contribution in [2.75, 3.05) is 9.03 Å². The van der Waals surface area contributed by atoms with Gasteiger partial charge in [0.25, 0.3) is 20.0 Å². The molecule has 0 aromatic carbocycles. The largest absolute Gasteiger partial charge is 0.278 e. The molecule has 0 amide bonds. The molecule has 2 aromatic rings. The Kier molecular flexibility index (Phi) is 4.74. The molecule has 0 saturated heterocycles. The number of anilines is 2. The molecular weight excluding hydrogens is 424 g/mol. The number of nitrogens with one attached hydrogen (secondary N) is 1. The van der Waals surface area contributed by atoms with E-state index in [1.807, 2.05) is 27.7 Å². The van der Waals surface area contributed by atoms with Crippen molar-refractivity contribution in [1.29, 1.82) is 0 Å². The highest BCUT2D eigenvalue weighted by Gasteiger charge is 2.33. The molecular formula is C20H22N4O4S2. The lowest BCUT2D eigenvalue weighted by Crippen LogP contribution is -2.30. The van der Waals surface area contributed by atoms with E-state index in [0.29, 0.717) is 28.2 Å². The van der Waals surface area contributed by atoms with Crippen molar-refractivity contribution >= 4 is 43.7 Å². The lowest BCUT2D eigenvalue weighted by Gasteiger charge is -2.28. The number of hydrogen-bond acceptors (Lipinski definition) is 6. The Hall–Kier alpha value is -2.72. The second kappa shape index (κ2) is 6.92. The van der Waals surface area contributed by atoms with Crippen molar-refractivity contribution < 1.29 is 16.8 Å². The van der Waals surface area contributed by atoms with Crippen LogP contribution in [0.4, 0.5) is 11.5 Å². The van der Waals surface area contributed by atoms with Gasteiger partial charge in [0.15, 0.2) is 0 Å². The first kappa shape index (κ1) is 20.5. The van der Waals surface area contributed by atoms with Crippen LogP contribution in [0.5, 0.6) is 0 Å². The summed E-state index contributed by atoms with van der Waals surface area (Å²) >= 11 is 0. The van der Waals surface area contributed by atoms with E-state index >= 15 is 0 Å². The third-order valence-corrected chi connectivity index (χ3v) is 7.67. The standard InChI is InChI=1S/C20H22N4O4S2/c1-12(2)18-15-6-9-24(30(27,28)16(15)5-8-21-18)17-11-14-7-10-29(25,26)23-20(14)19(22-17)13(3)4/h5-13,23H,1-4H3. The summed E-state index contributed by atoms with van der Waals surface area (Å²) in [6, 6.07) is 3.06. The van der Waals surface area contributed by atoms with Crippen LogP contribution in [0.25, 0.3) is 12.2 Å². The number of pyridine rings is 2. The van der Waals surface area contributed by atoms with Gasteiger partial charge in [0.2, 0.25) is 0 Å². The predicted octanol–water partition coefficient (Wildman–Crippen LogP) is 3.63. The summed E-state index contributed by atoms with van der Waals surface area (Å²) < 4.78 is 54.4. The van der Waals surface area contributed by atoms with E-state index in [1.54, 1.807) is 12.1 Å². The van der Waals surface area contributed by atoms with Crippen LogP contribution in [0, 0.1) is 0 Å². The molecule has 4 rings (SSSR count). The van der Waals surface area contributed by atoms with Crippen molar-refractivity contribution in [2.24, 2.45) is 0 Å². The molecule has 2 aliphatic heterocycles. The molecule has 0 atom stereocenters. The van der Waals surface area contributed by atoms with Crippen molar-refractivity contribution in [1.82, 2.24) is 9.97 Å². The van der Waals surface area contributed by atoms with E-state index in [4.69, 9.17) is 0 Å². The van der Waals surface area contributed by atoms with E-state index in [-0.39, 0.29) is 22.5 Å². The maximum Gasteiger partial charge on any atom is 0.270 e. The molecule has 0 bridgehead atoms. The average Bonchev–Trinajstić information content (AvgIpc) is 2.66. The number of nitrogens with zero attached hydrogens (tertiary/aromatic N) is 3. The van der Waals surface area contributed by atoms with Crippen molar-refractivity contribution in [2.45, 2.75) is 44.4 Å². The maximum atomic E-state index is 13.4. The number of fused-ring (bicyclic) bond motifs is 2. The number of aromatic nitrogens is 2. The van der Waals surface area contributed by atoms with Gasteiger partial charge in [-0.3, -0.25) is 9.71 Å². The minimum absolute atomic E-state index is 0.0684. The molecule has 2 aromatic heterocycles. The lowest BCUT2D eigenvalue weighted by molar-refractivity contribution is 0.593. The van der Waals surface area contributed by atoms with E-state index < -0.39 is 20.0 Å². The SMILES string of the molecule is CC(C)c1nccc2c1C=CN(c1cc3c(c(C(C)C)n1)NS(=O)(=O)C=C3)S2(=O)=O. The Morgan fingerprint density at radius 1 is 1.00 bits per heavy atom. The molecule has 1 N–H and O–H groups in total. The summed E-state index contributed by atoms with van der Waals surface area (Å²) in [7, 11) is -7.49. The summed E-state index contributed by atoms with van der Waals surface area (Å²) in [5.41, 5.74) is 2.71. The zero-order valence-electron chi connectivity index (χ0n) is 17.0. The van der Waals surface area contributed by atoms with Gasteiger partial charge < -0.3 is 0 Å². The normalized spacial score (nSPS) is 18.3. The molecule has 4 heterocycles. The zero-order valence-corrected chi connectivity index (χ0v) is 18.6. The van der Waals surface area contributed by atoms with Crippen LogP contribution in [0.3, 0.4) is 0 Å². The predicted molar refractivity (Wildman–Crippen MR) is 117 cm³/mol. The summed E-state index contributed by atoms with van der Waals surface area (Å²) in [6.45, 7) is 7.66. The van der Waals surface area contributed by atoms with Crippen LogP contribution >= 0.6 is 0 Å². The molecule has 158 valence electrons. The summed E-state index contributed by atoms with van der Waals surface area (Å²) in [5, 5.41) is 1.06. The van der Waals surface area contributed by atoms with Gasteiger partial charge >= 0.3 is 0 Å². The third-order valence-electron chi connectivity index (χ3n) is 4.95. The maximum absolute atomic E-state index is 13.4. The minimum Gasteiger partial charge on any atom is -0.278 e. The van der Waals surface area contributed by atoms with Gasteiger partial charge in [0, 0.05) is 23.5 Å². The molecule has 30 heavy (non-hydrogen) atoms.